The molecule has 0 saturated carbocycles. The molecule has 1 unspecified atom stereocenters. The lowest BCUT2D eigenvalue weighted by molar-refractivity contribution is -0.138. The standard InChI is InChI=1S/C22H21N5O3/c28-20(14-29-17-6-2-1-3-7-17)27-11-5-4-8-19(27)22-24-21(26-30-22)15-9-10-18-16(12-15)13-23-25-18/h1-3,6-7,9-10,12-13,19H,4-5,8,11,14H2,(H,23,25). The van der Waals surface area contributed by atoms with Crippen molar-refractivity contribution in [3.05, 3.63) is 60.6 Å². The van der Waals surface area contributed by atoms with E-state index in [1.165, 1.54) is 0 Å². The number of benzene rings is 2. The lowest BCUT2D eigenvalue weighted by Crippen LogP contribution is -2.41. The van der Waals surface area contributed by atoms with Crippen LogP contribution in [0.5, 0.6) is 5.75 Å². The number of ether oxygens (including phenoxy) is 1. The molecular formula is C22H21N5O3. The molecule has 30 heavy (non-hydrogen) atoms. The highest BCUT2D eigenvalue weighted by Gasteiger charge is 2.32. The maximum absolute atomic E-state index is 12.8. The predicted octanol–water partition coefficient (Wildman–Crippen LogP) is 3.75. The van der Waals surface area contributed by atoms with Crippen molar-refractivity contribution in [3.63, 3.8) is 0 Å². The molecule has 2 aromatic carbocycles. The Morgan fingerprint density at radius 1 is 1.20 bits per heavy atom. The lowest BCUT2D eigenvalue weighted by atomic mass is 10.0. The second-order valence-electron chi connectivity index (χ2n) is 7.33. The monoisotopic (exact) mass is 403 g/mol. The Hall–Kier alpha value is -3.68. The van der Waals surface area contributed by atoms with Crippen LogP contribution >= 0.6 is 0 Å². The first-order valence-corrected chi connectivity index (χ1v) is 10.0. The van der Waals surface area contributed by atoms with Crippen LogP contribution in [0, 0.1) is 0 Å². The molecule has 152 valence electrons. The normalized spacial score (nSPS) is 16.7. The molecular weight excluding hydrogens is 382 g/mol. The molecule has 0 radical (unpaired) electrons. The number of rotatable bonds is 5. The van der Waals surface area contributed by atoms with Crippen LogP contribution in [0.1, 0.15) is 31.2 Å². The Kier molecular flexibility index (Phi) is 4.88. The summed E-state index contributed by atoms with van der Waals surface area (Å²) in [7, 11) is 0. The van der Waals surface area contributed by atoms with Gasteiger partial charge < -0.3 is 14.2 Å². The van der Waals surface area contributed by atoms with E-state index in [2.05, 4.69) is 20.3 Å². The zero-order valence-corrected chi connectivity index (χ0v) is 16.3. The van der Waals surface area contributed by atoms with E-state index in [0.29, 0.717) is 24.0 Å². The summed E-state index contributed by atoms with van der Waals surface area (Å²) >= 11 is 0. The smallest absolute Gasteiger partial charge is 0.261 e. The summed E-state index contributed by atoms with van der Waals surface area (Å²) in [5.74, 6) is 1.56. The van der Waals surface area contributed by atoms with Crippen molar-refractivity contribution in [2.75, 3.05) is 13.2 Å². The van der Waals surface area contributed by atoms with E-state index in [1.807, 2.05) is 48.5 Å². The zero-order chi connectivity index (χ0) is 20.3. The Labute approximate surface area is 172 Å². The molecule has 5 rings (SSSR count). The van der Waals surface area contributed by atoms with Crippen molar-refractivity contribution in [1.82, 2.24) is 25.2 Å². The summed E-state index contributed by atoms with van der Waals surface area (Å²) in [5.41, 5.74) is 1.80. The van der Waals surface area contributed by atoms with Gasteiger partial charge >= 0.3 is 0 Å². The fourth-order valence-electron chi connectivity index (χ4n) is 3.80. The summed E-state index contributed by atoms with van der Waals surface area (Å²) in [6.07, 6.45) is 4.51. The Balaban J connectivity index is 1.33. The molecule has 0 bridgehead atoms. The average Bonchev–Trinajstić information content (AvgIpc) is 3.47. The molecule has 1 aliphatic rings. The van der Waals surface area contributed by atoms with Gasteiger partial charge in [0, 0.05) is 17.5 Å². The molecule has 3 heterocycles. The fourth-order valence-corrected chi connectivity index (χ4v) is 3.80. The summed E-state index contributed by atoms with van der Waals surface area (Å²) in [5, 5.41) is 12.1. The number of aromatic nitrogens is 4. The highest BCUT2D eigenvalue weighted by atomic mass is 16.5. The van der Waals surface area contributed by atoms with Crippen LogP contribution in [0.2, 0.25) is 0 Å². The number of carbonyl (C=O) groups excluding carboxylic acids is 1. The molecule has 4 aromatic rings. The second kappa shape index (κ2) is 7.98. The van der Waals surface area contributed by atoms with Crippen LogP contribution in [-0.2, 0) is 4.79 Å². The van der Waals surface area contributed by atoms with E-state index in [1.54, 1.807) is 11.1 Å². The zero-order valence-electron chi connectivity index (χ0n) is 16.3. The number of aromatic amines is 1. The summed E-state index contributed by atoms with van der Waals surface area (Å²) in [6, 6.07) is 14.9. The third-order valence-electron chi connectivity index (χ3n) is 5.35. The first-order chi connectivity index (χ1) is 14.8. The number of piperidine rings is 1. The van der Waals surface area contributed by atoms with E-state index >= 15 is 0 Å². The van der Waals surface area contributed by atoms with Gasteiger partial charge in [0.2, 0.25) is 11.7 Å². The van der Waals surface area contributed by atoms with Gasteiger partial charge in [0.15, 0.2) is 6.61 Å². The van der Waals surface area contributed by atoms with E-state index in [-0.39, 0.29) is 18.6 Å². The van der Waals surface area contributed by atoms with Gasteiger partial charge in [0.05, 0.1) is 11.7 Å². The molecule has 0 spiro atoms. The third-order valence-corrected chi connectivity index (χ3v) is 5.35. The van der Waals surface area contributed by atoms with Crippen molar-refractivity contribution < 1.29 is 14.1 Å². The maximum Gasteiger partial charge on any atom is 0.261 e. The van der Waals surface area contributed by atoms with Crippen LogP contribution in [0.3, 0.4) is 0 Å². The molecule has 8 heteroatoms. The maximum atomic E-state index is 12.8. The summed E-state index contributed by atoms with van der Waals surface area (Å²) in [6.45, 7) is 0.638. The highest BCUT2D eigenvalue weighted by molar-refractivity contribution is 5.82. The van der Waals surface area contributed by atoms with Crippen LogP contribution in [0.15, 0.2) is 59.3 Å². The molecule has 1 aliphatic heterocycles. The second-order valence-corrected chi connectivity index (χ2v) is 7.33. The van der Waals surface area contributed by atoms with Gasteiger partial charge in [0.25, 0.3) is 5.91 Å². The Morgan fingerprint density at radius 3 is 3.00 bits per heavy atom. The summed E-state index contributed by atoms with van der Waals surface area (Å²) < 4.78 is 11.2. The number of para-hydroxylation sites is 1. The topological polar surface area (TPSA) is 97.1 Å². The average molecular weight is 403 g/mol. The van der Waals surface area contributed by atoms with Crippen molar-refractivity contribution in [2.45, 2.75) is 25.3 Å². The van der Waals surface area contributed by atoms with Crippen LogP contribution in [-0.4, -0.2) is 44.3 Å². The van der Waals surface area contributed by atoms with E-state index in [9.17, 15) is 4.79 Å². The highest BCUT2D eigenvalue weighted by Crippen LogP contribution is 2.31. The number of H-pyrrole nitrogens is 1. The van der Waals surface area contributed by atoms with Crippen LogP contribution < -0.4 is 4.74 Å². The third kappa shape index (κ3) is 3.63. The Bertz CT molecular complexity index is 1150. The fraction of sp³-hybridized carbons (Fsp3) is 0.273. The van der Waals surface area contributed by atoms with Crippen molar-refractivity contribution in [3.8, 4) is 17.1 Å². The number of hydrogen-bond donors (Lipinski definition) is 1. The largest absolute Gasteiger partial charge is 0.484 e. The lowest BCUT2D eigenvalue weighted by Gasteiger charge is -2.33. The molecule has 1 saturated heterocycles. The summed E-state index contributed by atoms with van der Waals surface area (Å²) in [4.78, 5) is 19.2. The first kappa shape index (κ1) is 18.4. The van der Waals surface area contributed by atoms with Crippen molar-refractivity contribution in [2.24, 2.45) is 0 Å². The SMILES string of the molecule is O=C(COc1ccccc1)N1CCCCC1c1nc(-c2ccc3[nH]ncc3c2)no1. The van der Waals surface area contributed by atoms with E-state index in [4.69, 9.17) is 9.26 Å². The van der Waals surface area contributed by atoms with Gasteiger partial charge in [-0.25, -0.2) is 0 Å². The van der Waals surface area contributed by atoms with Crippen molar-refractivity contribution >= 4 is 16.8 Å². The molecule has 1 amide bonds. The van der Waals surface area contributed by atoms with E-state index < -0.39 is 0 Å². The molecule has 1 N–H and O–H groups in total. The van der Waals surface area contributed by atoms with E-state index in [0.717, 1.165) is 35.7 Å². The predicted molar refractivity (Wildman–Crippen MR) is 110 cm³/mol. The van der Waals surface area contributed by atoms with Gasteiger partial charge in [-0.05, 0) is 49.6 Å². The number of fused-ring (bicyclic) bond motifs is 1. The number of hydrogen-bond acceptors (Lipinski definition) is 6. The molecule has 1 atom stereocenters. The number of amides is 1. The molecule has 0 aliphatic carbocycles. The minimum absolute atomic E-state index is 0.0152. The number of carbonyl (C=O) groups is 1. The quantitative estimate of drug-likeness (QED) is 0.545. The minimum Gasteiger partial charge on any atom is -0.484 e. The van der Waals surface area contributed by atoms with Gasteiger partial charge in [-0.2, -0.15) is 10.1 Å². The van der Waals surface area contributed by atoms with Crippen LogP contribution in [0.25, 0.3) is 22.3 Å². The Morgan fingerprint density at radius 2 is 2.10 bits per heavy atom. The van der Waals surface area contributed by atoms with Gasteiger partial charge in [-0.15, -0.1) is 0 Å². The van der Waals surface area contributed by atoms with Gasteiger partial charge in [-0.3, -0.25) is 9.89 Å². The number of nitrogens with zero attached hydrogens (tertiary/aromatic N) is 4. The van der Waals surface area contributed by atoms with Crippen LogP contribution in [0.4, 0.5) is 0 Å². The molecule has 8 nitrogen and oxygen atoms in total. The van der Waals surface area contributed by atoms with Gasteiger partial charge in [0.1, 0.15) is 11.8 Å². The van der Waals surface area contributed by atoms with Crippen molar-refractivity contribution in [1.29, 1.82) is 0 Å². The van der Waals surface area contributed by atoms with Gasteiger partial charge in [-0.1, -0.05) is 23.4 Å². The molecule has 1 fully saturated rings. The minimum atomic E-state index is -0.232. The molecule has 2 aromatic heterocycles. The number of likely N-dealkylation sites (tertiary alicyclic amines) is 1. The first-order valence-electron chi connectivity index (χ1n) is 10.0. The number of nitrogens with one attached hydrogen (secondary N) is 1.